The highest BCUT2D eigenvalue weighted by Crippen LogP contribution is 2.15. The van der Waals surface area contributed by atoms with Crippen molar-refractivity contribution in [3.05, 3.63) is 65.7 Å². The highest BCUT2D eigenvalue weighted by molar-refractivity contribution is 5.76. The maximum absolute atomic E-state index is 11.8. The first kappa shape index (κ1) is 16.5. The van der Waals surface area contributed by atoms with Gasteiger partial charge in [0.15, 0.2) is 0 Å². The third kappa shape index (κ3) is 5.46. The van der Waals surface area contributed by atoms with Crippen molar-refractivity contribution in [2.75, 3.05) is 13.2 Å². The summed E-state index contributed by atoms with van der Waals surface area (Å²) in [6.07, 6.45) is -0.795. The van der Waals surface area contributed by atoms with E-state index < -0.39 is 6.10 Å². The topological polar surface area (TPSA) is 82.3 Å². The lowest BCUT2D eigenvalue weighted by atomic mass is 10.1. The molecule has 2 aromatic rings. The van der Waals surface area contributed by atoms with Crippen molar-refractivity contribution in [1.29, 1.82) is 5.26 Å². The highest BCUT2D eigenvalue weighted by Gasteiger charge is 2.12. The fourth-order valence-electron chi connectivity index (χ4n) is 2.03. The molecule has 0 radical (unpaired) electrons. The van der Waals surface area contributed by atoms with Gasteiger partial charge in [0.2, 0.25) is 5.91 Å². The van der Waals surface area contributed by atoms with E-state index in [1.807, 2.05) is 24.3 Å². The molecular weight excluding hydrogens is 292 g/mol. The van der Waals surface area contributed by atoms with Crippen LogP contribution in [0.2, 0.25) is 0 Å². The van der Waals surface area contributed by atoms with E-state index in [2.05, 4.69) is 5.32 Å². The minimum Gasteiger partial charge on any atom is -0.492 e. The molecule has 0 spiro atoms. The van der Waals surface area contributed by atoms with Crippen LogP contribution in [0.15, 0.2) is 54.6 Å². The van der Waals surface area contributed by atoms with E-state index in [1.54, 1.807) is 36.4 Å². The van der Waals surface area contributed by atoms with Crippen molar-refractivity contribution in [3.63, 3.8) is 0 Å². The Morgan fingerprint density at radius 3 is 2.52 bits per heavy atom. The molecule has 0 bridgehead atoms. The summed E-state index contributed by atoms with van der Waals surface area (Å²) < 4.78 is 5.46. The molecule has 118 valence electrons. The van der Waals surface area contributed by atoms with Crippen molar-refractivity contribution < 1.29 is 14.6 Å². The highest BCUT2D eigenvalue weighted by atomic mass is 16.5. The Bertz CT molecular complexity index is 663. The molecule has 2 aromatic carbocycles. The molecule has 1 unspecified atom stereocenters. The van der Waals surface area contributed by atoms with Gasteiger partial charge in [0.05, 0.1) is 30.7 Å². The normalized spacial score (nSPS) is 11.3. The van der Waals surface area contributed by atoms with Crippen LogP contribution in [-0.4, -0.2) is 24.2 Å². The predicted molar refractivity (Wildman–Crippen MR) is 85.7 cm³/mol. The second kappa shape index (κ2) is 8.57. The van der Waals surface area contributed by atoms with Crippen LogP contribution in [0.5, 0.6) is 5.75 Å². The summed E-state index contributed by atoms with van der Waals surface area (Å²) in [5, 5.41) is 21.4. The lowest BCUT2D eigenvalue weighted by molar-refractivity contribution is -0.123. The van der Waals surface area contributed by atoms with Crippen LogP contribution in [0.3, 0.4) is 0 Å². The first-order valence-corrected chi connectivity index (χ1v) is 7.31. The van der Waals surface area contributed by atoms with Crippen LogP contribution in [0.25, 0.3) is 0 Å². The average Bonchev–Trinajstić information content (AvgIpc) is 2.60. The quantitative estimate of drug-likeness (QED) is 0.768. The molecule has 5 heteroatoms. The Hall–Kier alpha value is -2.84. The maximum atomic E-state index is 11.8. The van der Waals surface area contributed by atoms with E-state index in [0.29, 0.717) is 24.5 Å². The number of carbonyl (C=O) groups excluding carboxylic acids is 1. The molecule has 0 aliphatic rings. The van der Waals surface area contributed by atoms with E-state index >= 15 is 0 Å². The monoisotopic (exact) mass is 310 g/mol. The summed E-state index contributed by atoms with van der Waals surface area (Å²) in [7, 11) is 0. The Labute approximate surface area is 135 Å². The summed E-state index contributed by atoms with van der Waals surface area (Å²) in [5.41, 5.74) is 1.29. The van der Waals surface area contributed by atoms with Gasteiger partial charge >= 0.3 is 0 Å². The third-order valence-corrected chi connectivity index (χ3v) is 3.24. The first-order chi connectivity index (χ1) is 11.2. The van der Waals surface area contributed by atoms with Crippen LogP contribution < -0.4 is 10.1 Å². The minimum atomic E-state index is -0.810. The molecule has 1 amide bonds. The fraction of sp³-hybridized carbons (Fsp3) is 0.222. The molecule has 0 saturated heterocycles. The van der Waals surface area contributed by atoms with Gasteiger partial charge in [0, 0.05) is 0 Å². The summed E-state index contributed by atoms with van der Waals surface area (Å²) in [6.45, 7) is 0.666. The van der Waals surface area contributed by atoms with Gasteiger partial charge in [-0.05, 0) is 29.8 Å². The molecule has 0 heterocycles. The molecule has 2 N–H and O–H groups in total. The van der Waals surface area contributed by atoms with Crippen LogP contribution >= 0.6 is 0 Å². The standard InChI is InChI=1S/C18H18N2O3/c19-13-14-6-8-16(9-7-14)23-11-10-20-18(22)12-17(21)15-4-2-1-3-5-15/h1-9,17,21H,10-12H2,(H,20,22). The molecule has 2 rings (SSSR count). The zero-order valence-electron chi connectivity index (χ0n) is 12.6. The number of nitrogens with one attached hydrogen (secondary N) is 1. The van der Waals surface area contributed by atoms with E-state index in [1.165, 1.54) is 0 Å². The van der Waals surface area contributed by atoms with E-state index in [0.717, 1.165) is 5.56 Å². The first-order valence-electron chi connectivity index (χ1n) is 7.31. The Morgan fingerprint density at radius 2 is 1.87 bits per heavy atom. The van der Waals surface area contributed by atoms with Gasteiger partial charge in [-0.1, -0.05) is 30.3 Å². The zero-order chi connectivity index (χ0) is 16.5. The van der Waals surface area contributed by atoms with Gasteiger partial charge in [-0.15, -0.1) is 0 Å². The summed E-state index contributed by atoms with van der Waals surface area (Å²) in [6, 6.07) is 17.9. The van der Waals surface area contributed by atoms with Crippen molar-refractivity contribution in [2.24, 2.45) is 0 Å². The van der Waals surface area contributed by atoms with Crippen molar-refractivity contribution in [1.82, 2.24) is 5.32 Å². The number of aliphatic hydroxyl groups excluding tert-OH is 1. The summed E-state index contributed by atoms with van der Waals surface area (Å²) in [5.74, 6) is 0.410. The van der Waals surface area contributed by atoms with Gasteiger partial charge in [-0.3, -0.25) is 4.79 Å². The smallest absolute Gasteiger partial charge is 0.223 e. The van der Waals surface area contributed by atoms with Crippen molar-refractivity contribution >= 4 is 5.91 Å². The largest absolute Gasteiger partial charge is 0.492 e. The number of benzene rings is 2. The van der Waals surface area contributed by atoms with Gasteiger partial charge in [0.25, 0.3) is 0 Å². The summed E-state index contributed by atoms with van der Waals surface area (Å²) in [4.78, 5) is 11.8. The molecule has 0 aromatic heterocycles. The predicted octanol–water partition coefficient (Wildman–Crippen LogP) is 2.18. The zero-order valence-corrected chi connectivity index (χ0v) is 12.6. The number of nitrogens with zero attached hydrogens (tertiary/aromatic N) is 1. The third-order valence-electron chi connectivity index (χ3n) is 3.24. The molecule has 5 nitrogen and oxygen atoms in total. The van der Waals surface area contributed by atoms with Crippen LogP contribution in [-0.2, 0) is 4.79 Å². The number of nitriles is 1. The van der Waals surface area contributed by atoms with E-state index in [9.17, 15) is 9.90 Å². The van der Waals surface area contributed by atoms with Gasteiger partial charge in [-0.25, -0.2) is 0 Å². The second-order valence-electron chi connectivity index (χ2n) is 4.97. The average molecular weight is 310 g/mol. The Balaban J connectivity index is 1.67. The number of rotatable bonds is 7. The number of ether oxygens (including phenoxy) is 1. The van der Waals surface area contributed by atoms with Gasteiger partial charge in [0.1, 0.15) is 12.4 Å². The van der Waals surface area contributed by atoms with Crippen LogP contribution in [0.4, 0.5) is 0 Å². The number of amides is 1. The molecule has 23 heavy (non-hydrogen) atoms. The van der Waals surface area contributed by atoms with Crippen LogP contribution in [0.1, 0.15) is 23.7 Å². The lowest BCUT2D eigenvalue weighted by Gasteiger charge is -2.11. The van der Waals surface area contributed by atoms with Crippen LogP contribution in [0, 0.1) is 11.3 Å². The van der Waals surface area contributed by atoms with Gasteiger partial charge < -0.3 is 15.2 Å². The Morgan fingerprint density at radius 1 is 1.17 bits per heavy atom. The molecule has 1 atom stereocenters. The number of aliphatic hydroxyl groups is 1. The van der Waals surface area contributed by atoms with Gasteiger partial charge in [-0.2, -0.15) is 5.26 Å². The molecule has 0 saturated carbocycles. The lowest BCUT2D eigenvalue weighted by Crippen LogP contribution is -2.29. The van der Waals surface area contributed by atoms with E-state index in [-0.39, 0.29) is 12.3 Å². The molecular formula is C18H18N2O3. The SMILES string of the molecule is N#Cc1ccc(OCCNC(=O)CC(O)c2ccccc2)cc1. The number of carbonyl (C=O) groups is 1. The minimum absolute atomic E-state index is 0.0148. The molecule has 0 aliphatic heterocycles. The number of hydrogen-bond donors (Lipinski definition) is 2. The molecule has 0 aliphatic carbocycles. The summed E-state index contributed by atoms with van der Waals surface area (Å²) >= 11 is 0. The van der Waals surface area contributed by atoms with E-state index in [4.69, 9.17) is 10.00 Å². The molecule has 0 fully saturated rings. The maximum Gasteiger partial charge on any atom is 0.223 e. The van der Waals surface area contributed by atoms with Crippen molar-refractivity contribution in [2.45, 2.75) is 12.5 Å². The fourth-order valence-corrected chi connectivity index (χ4v) is 2.03. The van der Waals surface area contributed by atoms with Crippen molar-refractivity contribution in [3.8, 4) is 11.8 Å². The number of hydrogen-bond acceptors (Lipinski definition) is 4. The second-order valence-corrected chi connectivity index (χ2v) is 4.97. The Kier molecular flexibility index (Phi) is 6.16.